The molecule has 0 spiro atoms. The van der Waals surface area contributed by atoms with Crippen LogP contribution < -0.4 is 11.1 Å². The second-order valence-corrected chi connectivity index (χ2v) is 5.34. The molecule has 3 N–H and O–H groups in total. The van der Waals surface area contributed by atoms with Crippen LogP contribution in [0.5, 0.6) is 0 Å². The van der Waals surface area contributed by atoms with Crippen molar-refractivity contribution in [2.24, 2.45) is 5.92 Å². The van der Waals surface area contributed by atoms with Crippen LogP contribution in [0.3, 0.4) is 0 Å². The van der Waals surface area contributed by atoms with Crippen molar-refractivity contribution in [2.75, 3.05) is 12.3 Å². The molecule has 1 unspecified atom stereocenters. The third kappa shape index (κ3) is 1.94. The lowest BCUT2D eigenvalue weighted by Gasteiger charge is -2.27. The summed E-state index contributed by atoms with van der Waals surface area (Å²) in [5.74, 6) is 0.789. The number of rotatable bonds is 3. The standard InChI is InChI=1S/C14H20N2/c15-13-5-4-11-6-10(7-12(11)8-13)9-16-14-2-1-3-14/h4-5,8,10,14,16H,1-3,6-7,9,15H2. The Balaban J connectivity index is 1.57. The highest BCUT2D eigenvalue weighted by Gasteiger charge is 2.23. The van der Waals surface area contributed by atoms with E-state index < -0.39 is 0 Å². The number of benzene rings is 1. The topological polar surface area (TPSA) is 38.0 Å². The molecule has 2 aliphatic carbocycles. The quantitative estimate of drug-likeness (QED) is 0.760. The van der Waals surface area contributed by atoms with Gasteiger partial charge in [0.25, 0.3) is 0 Å². The van der Waals surface area contributed by atoms with Crippen molar-refractivity contribution < 1.29 is 0 Å². The second-order valence-electron chi connectivity index (χ2n) is 5.34. The van der Waals surface area contributed by atoms with E-state index in [0.717, 1.165) is 17.6 Å². The fourth-order valence-electron chi connectivity index (χ4n) is 2.82. The molecule has 1 aromatic carbocycles. The van der Waals surface area contributed by atoms with Crippen molar-refractivity contribution in [1.29, 1.82) is 0 Å². The minimum absolute atomic E-state index is 0.789. The highest BCUT2D eigenvalue weighted by Crippen LogP contribution is 2.28. The smallest absolute Gasteiger partial charge is 0.0316 e. The molecule has 2 heteroatoms. The lowest BCUT2D eigenvalue weighted by atomic mass is 9.92. The summed E-state index contributed by atoms with van der Waals surface area (Å²) in [7, 11) is 0. The predicted octanol–water partition coefficient (Wildman–Crippen LogP) is 2.13. The molecule has 2 nitrogen and oxygen atoms in total. The lowest BCUT2D eigenvalue weighted by molar-refractivity contribution is 0.318. The number of nitrogen functional groups attached to an aromatic ring is 1. The van der Waals surface area contributed by atoms with E-state index in [9.17, 15) is 0 Å². The van der Waals surface area contributed by atoms with Crippen molar-refractivity contribution in [3.8, 4) is 0 Å². The number of nitrogens with one attached hydrogen (secondary N) is 1. The minimum atomic E-state index is 0.789. The number of fused-ring (bicyclic) bond motifs is 1. The molecule has 1 aromatic rings. The molecule has 0 aliphatic heterocycles. The Morgan fingerprint density at radius 3 is 2.75 bits per heavy atom. The molecule has 0 heterocycles. The first-order chi connectivity index (χ1) is 7.81. The zero-order valence-corrected chi connectivity index (χ0v) is 9.71. The van der Waals surface area contributed by atoms with Gasteiger partial charge in [0, 0.05) is 11.7 Å². The van der Waals surface area contributed by atoms with Crippen LogP contribution in [0.1, 0.15) is 30.4 Å². The normalized spacial score (nSPS) is 24.1. The Morgan fingerprint density at radius 2 is 2.00 bits per heavy atom. The van der Waals surface area contributed by atoms with E-state index >= 15 is 0 Å². The van der Waals surface area contributed by atoms with Crippen LogP contribution in [0.15, 0.2) is 18.2 Å². The molecule has 16 heavy (non-hydrogen) atoms. The van der Waals surface area contributed by atoms with Crippen LogP contribution in [0, 0.1) is 5.92 Å². The van der Waals surface area contributed by atoms with E-state index in [-0.39, 0.29) is 0 Å². The molecule has 1 atom stereocenters. The fraction of sp³-hybridized carbons (Fsp3) is 0.571. The third-order valence-corrected chi connectivity index (χ3v) is 4.05. The average Bonchev–Trinajstić information content (AvgIpc) is 2.57. The van der Waals surface area contributed by atoms with Crippen LogP contribution in [0.25, 0.3) is 0 Å². The molecular formula is C14H20N2. The van der Waals surface area contributed by atoms with Crippen molar-refractivity contribution >= 4 is 5.69 Å². The SMILES string of the molecule is Nc1ccc2c(c1)CC(CNC1CCC1)C2. The highest BCUT2D eigenvalue weighted by molar-refractivity contribution is 5.46. The van der Waals surface area contributed by atoms with Gasteiger partial charge in [-0.1, -0.05) is 12.5 Å². The first kappa shape index (κ1) is 10.2. The van der Waals surface area contributed by atoms with Gasteiger partial charge >= 0.3 is 0 Å². The number of nitrogens with two attached hydrogens (primary N) is 1. The maximum Gasteiger partial charge on any atom is 0.0316 e. The van der Waals surface area contributed by atoms with E-state index in [1.165, 1.54) is 49.8 Å². The maximum atomic E-state index is 5.81. The molecule has 0 radical (unpaired) electrons. The molecule has 0 aromatic heterocycles. The molecule has 0 bridgehead atoms. The van der Waals surface area contributed by atoms with Gasteiger partial charge in [-0.2, -0.15) is 0 Å². The highest BCUT2D eigenvalue weighted by atomic mass is 14.9. The summed E-state index contributed by atoms with van der Waals surface area (Å²) >= 11 is 0. The Bertz CT molecular complexity index is 382. The largest absolute Gasteiger partial charge is 0.399 e. The molecular weight excluding hydrogens is 196 g/mol. The van der Waals surface area contributed by atoms with Crippen molar-refractivity contribution in [3.05, 3.63) is 29.3 Å². The van der Waals surface area contributed by atoms with Crippen LogP contribution in [-0.4, -0.2) is 12.6 Å². The van der Waals surface area contributed by atoms with Crippen LogP contribution in [0.4, 0.5) is 5.69 Å². The summed E-state index contributed by atoms with van der Waals surface area (Å²) in [5, 5.41) is 3.68. The van der Waals surface area contributed by atoms with Gasteiger partial charge in [-0.3, -0.25) is 0 Å². The summed E-state index contributed by atoms with van der Waals surface area (Å²) in [5.41, 5.74) is 9.70. The van der Waals surface area contributed by atoms with Crippen molar-refractivity contribution in [3.63, 3.8) is 0 Å². The van der Waals surface area contributed by atoms with Crippen molar-refractivity contribution in [1.82, 2.24) is 5.32 Å². The van der Waals surface area contributed by atoms with Gasteiger partial charge in [0.1, 0.15) is 0 Å². The van der Waals surface area contributed by atoms with Crippen LogP contribution in [-0.2, 0) is 12.8 Å². The van der Waals surface area contributed by atoms with Gasteiger partial charge in [-0.15, -0.1) is 0 Å². The first-order valence-corrected chi connectivity index (χ1v) is 6.42. The molecule has 1 saturated carbocycles. The number of anilines is 1. The van der Waals surface area contributed by atoms with E-state index in [2.05, 4.69) is 17.4 Å². The second kappa shape index (κ2) is 4.10. The Labute approximate surface area is 97.2 Å². The van der Waals surface area contributed by atoms with Gasteiger partial charge < -0.3 is 11.1 Å². The van der Waals surface area contributed by atoms with Gasteiger partial charge in [0.2, 0.25) is 0 Å². The zero-order valence-electron chi connectivity index (χ0n) is 9.71. The zero-order chi connectivity index (χ0) is 11.0. The summed E-state index contributed by atoms with van der Waals surface area (Å²) in [6.07, 6.45) is 6.62. The summed E-state index contributed by atoms with van der Waals surface area (Å²) in [4.78, 5) is 0. The van der Waals surface area contributed by atoms with Gasteiger partial charge in [-0.05, 0) is 61.4 Å². The Morgan fingerprint density at radius 1 is 1.19 bits per heavy atom. The molecule has 3 rings (SSSR count). The molecule has 1 fully saturated rings. The molecule has 86 valence electrons. The van der Waals surface area contributed by atoms with E-state index in [0.29, 0.717) is 0 Å². The van der Waals surface area contributed by atoms with E-state index in [1.807, 2.05) is 6.07 Å². The van der Waals surface area contributed by atoms with E-state index in [1.54, 1.807) is 0 Å². The number of hydrogen-bond acceptors (Lipinski definition) is 2. The Kier molecular flexibility index (Phi) is 2.60. The third-order valence-electron chi connectivity index (χ3n) is 4.05. The van der Waals surface area contributed by atoms with Gasteiger partial charge in [0.05, 0.1) is 0 Å². The van der Waals surface area contributed by atoms with Crippen LogP contribution >= 0.6 is 0 Å². The summed E-state index contributed by atoms with van der Waals surface area (Å²) in [6, 6.07) is 7.20. The van der Waals surface area contributed by atoms with Gasteiger partial charge in [-0.25, -0.2) is 0 Å². The number of hydrogen-bond donors (Lipinski definition) is 2. The molecule has 2 aliphatic rings. The van der Waals surface area contributed by atoms with Crippen molar-refractivity contribution in [2.45, 2.75) is 38.1 Å². The predicted molar refractivity (Wildman–Crippen MR) is 67.4 cm³/mol. The van der Waals surface area contributed by atoms with Gasteiger partial charge in [0.15, 0.2) is 0 Å². The molecule has 0 saturated heterocycles. The van der Waals surface area contributed by atoms with Crippen LogP contribution in [0.2, 0.25) is 0 Å². The summed E-state index contributed by atoms with van der Waals surface area (Å²) in [6.45, 7) is 1.18. The fourth-order valence-corrected chi connectivity index (χ4v) is 2.82. The first-order valence-electron chi connectivity index (χ1n) is 6.42. The van der Waals surface area contributed by atoms with E-state index in [4.69, 9.17) is 5.73 Å². The summed E-state index contributed by atoms with van der Waals surface area (Å²) < 4.78 is 0. The minimum Gasteiger partial charge on any atom is -0.399 e. The monoisotopic (exact) mass is 216 g/mol. The average molecular weight is 216 g/mol. The lowest BCUT2D eigenvalue weighted by Crippen LogP contribution is -2.38. The Hall–Kier alpha value is -1.02. The maximum absolute atomic E-state index is 5.81. The molecule has 0 amide bonds.